The molecule has 2 N–H and O–H groups in total. The predicted molar refractivity (Wildman–Crippen MR) is 78.6 cm³/mol. The van der Waals surface area contributed by atoms with Crippen LogP contribution in [0.5, 0.6) is 0 Å². The van der Waals surface area contributed by atoms with Crippen molar-refractivity contribution >= 4 is 29.1 Å². The first-order chi connectivity index (χ1) is 9.41. The van der Waals surface area contributed by atoms with Gasteiger partial charge in [0.1, 0.15) is 6.04 Å². The van der Waals surface area contributed by atoms with Crippen LogP contribution < -0.4 is 5.73 Å². The van der Waals surface area contributed by atoms with E-state index in [-0.39, 0.29) is 17.9 Å². The summed E-state index contributed by atoms with van der Waals surface area (Å²) in [5.41, 5.74) is 6.55. The molecule has 1 unspecified atom stereocenters. The highest BCUT2D eigenvalue weighted by Crippen LogP contribution is 2.24. The third-order valence-corrected chi connectivity index (χ3v) is 3.83. The molecule has 0 bridgehead atoms. The van der Waals surface area contributed by atoms with Gasteiger partial charge in [0.25, 0.3) is 5.91 Å². The number of carbonyl (C=O) groups is 2. The molecule has 1 saturated heterocycles. The van der Waals surface area contributed by atoms with E-state index in [4.69, 9.17) is 17.3 Å². The second-order valence-corrected chi connectivity index (χ2v) is 5.53. The lowest BCUT2D eigenvalue weighted by Gasteiger charge is -2.26. The standard InChI is InChI=1S/C14H18ClN3O2/c1-17(2)14(20)12-4-3-7-18(12)13(19)9-5-6-10(15)11(16)8-9/h5-6,8,12H,3-4,7,16H2,1-2H3. The number of hydrogen-bond acceptors (Lipinski definition) is 3. The van der Waals surface area contributed by atoms with Gasteiger partial charge >= 0.3 is 0 Å². The Hall–Kier alpha value is -1.75. The van der Waals surface area contributed by atoms with E-state index < -0.39 is 0 Å². The van der Waals surface area contributed by atoms with E-state index in [0.717, 1.165) is 6.42 Å². The van der Waals surface area contributed by atoms with Gasteiger partial charge in [-0.05, 0) is 31.0 Å². The van der Waals surface area contributed by atoms with Crippen molar-refractivity contribution in [2.45, 2.75) is 18.9 Å². The first-order valence-corrected chi connectivity index (χ1v) is 6.86. The van der Waals surface area contributed by atoms with E-state index in [1.54, 1.807) is 37.2 Å². The molecule has 1 aliphatic rings. The summed E-state index contributed by atoms with van der Waals surface area (Å²) < 4.78 is 0. The van der Waals surface area contributed by atoms with E-state index in [1.807, 2.05) is 0 Å². The van der Waals surface area contributed by atoms with Gasteiger partial charge in [-0.2, -0.15) is 0 Å². The minimum atomic E-state index is -0.380. The lowest BCUT2D eigenvalue weighted by Crippen LogP contribution is -2.45. The van der Waals surface area contributed by atoms with Crippen LogP contribution in [0.25, 0.3) is 0 Å². The molecule has 20 heavy (non-hydrogen) atoms. The van der Waals surface area contributed by atoms with Crippen LogP contribution in [-0.4, -0.2) is 48.3 Å². The van der Waals surface area contributed by atoms with Gasteiger partial charge in [-0.25, -0.2) is 0 Å². The Bertz CT molecular complexity index is 545. The summed E-state index contributed by atoms with van der Waals surface area (Å²) >= 11 is 5.86. The number of nitrogen functional groups attached to an aromatic ring is 1. The molecule has 6 heteroatoms. The predicted octanol–water partition coefficient (Wildman–Crippen LogP) is 1.61. The molecule has 1 fully saturated rings. The van der Waals surface area contributed by atoms with Crippen molar-refractivity contribution in [3.63, 3.8) is 0 Å². The van der Waals surface area contributed by atoms with E-state index in [0.29, 0.717) is 29.2 Å². The highest BCUT2D eigenvalue weighted by molar-refractivity contribution is 6.33. The van der Waals surface area contributed by atoms with Gasteiger partial charge in [-0.3, -0.25) is 9.59 Å². The van der Waals surface area contributed by atoms with Gasteiger partial charge in [0, 0.05) is 26.2 Å². The average Bonchev–Trinajstić information content (AvgIpc) is 2.89. The van der Waals surface area contributed by atoms with Crippen molar-refractivity contribution < 1.29 is 9.59 Å². The lowest BCUT2D eigenvalue weighted by molar-refractivity contribution is -0.132. The molecule has 2 rings (SSSR count). The molecule has 5 nitrogen and oxygen atoms in total. The van der Waals surface area contributed by atoms with Crippen LogP contribution in [0.3, 0.4) is 0 Å². The number of hydrogen-bond donors (Lipinski definition) is 1. The zero-order valence-corrected chi connectivity index (χ0v) is 12.4. The van der Waals surface area contributed by atoms with Crippen molar-refractivity contribution in [1.82, 2.24) is 9.80 Å². The van der Waals surface area contributed by atoms with Gasteiger partial charge in [0.15, 0.2) is 0 Å². The maximum absolute atomic E-state index is 12.5. The second-order valence-electron chi connectivity index (χ2n) is 5.13. The Kier molecular flexibility index (Phi) is 4.18. The minimum Gasteiger partial charge on any atom is -0.398 e. The quantitative estimate of drug-likeness (QED) is 0.843. The summed E-state index contributed by atoms with van der Waals surface area (Å²) in [4.78, 5) is 27.7. The summed E-state index contributed by atoms with van der Waals surface area (Å²) in [5.74, 6) is -0.219. The van der Waals surface area contributed by atoms with Gasteiger partial charge < -0.3 is 15.5 Å². The Morgan fingerprint density at radius 3 is 2.70 bits per heavy atom. The van der Waals surface area contributed by atoms with Gasteiger partial charge in [0.05, 0.1) is 10.7 Å². The number of nitrogens with two attached hydrogens (primary N) is 1. The van der Waals surface area contributed by atoms with Crippen LogP contribution in [0, 0.1) is 0 Å². The summed E-state index contributed by atoms with van der Waals surface area (Å²) in [5, 5.41) is 0.420. The van der Waals surface area contributed by atoms with Crippen molar-refractivity contribution in [2.24, 2.45) is 0 Å². The molecular weight excluding hydrogens is 278 g/mol. The summed E-state index contributed by atoms with van der Waals surface area (Å²) in [6, 6.07) is 4.41. The van der Waals surface area contributed by atoms with E-state index in [1.165, 1.54) is 4.90 Å². The molecule has 0 radical (unpaired) electrons. The van der Waals surface area contributed by atoms with Gasteiger partial charge in [-0.1, -0.05) is 11.6 Å². The normalized spacial score (nSPS) is 18.1. The molecule has 108 valence electrons. The molecule has 1 heterocycles. The average molecular weight is 296 g/mol. The van der Waals surface area contributed by atoms with E-state index >= 15 is 0 Å². The maximum atomic E-state index is 12.5. The smallest absolute Gasteiger partial charge is 0.254 e. The SMILES string of the molecule is CN(C)C(=O)C1CCCN1C(=O)c1ccc(Cl)c(N)c1. The summed E-state index contributed by atoms with van der Waals surface area (Å²) in [6.45, 7) is 0.589. The van der Waals surface area contributed by atoms with Crippen molar-refractivity contribution in [3.8, 4) is 0 Å². The number of anilines is 1. The van der Waals surface area contributed by atoms with Crippen LogP contribution in [0.4, 0.5) is 5.69 Å². The highest BCUT2D eigenvalue weighted by Gasteiger charge is 2.35. The fourth-order valence-corrected chi connectivity index (χ4v) is 2.52. The van der Waals surface area contributed by atoms with E-state index in [2.05, 4.69) is 0 Å². The number of halogens is 1. The molecule has 0 spiro atoms. The minimum absolute atomic E-state index is 0.0437. The second kappa shape index (κ2) is 5.71. The summed E-state index contributed by atoms with van der Waals surface area (Å²) in [7, 11) is 3.40. The number of rotatable bonds is 2. The fraction of sp³-hybridized carbons (Fsp3) is 0.429. The molecule has 1 aliphatic heterocycles. The molecule has 2 amide bonds. The molecule has 0 aliphatic carbocycles. The topological polar surface area (TPSA) is 66.6 Å². The number of likely N-dealkylation sites (N-methyl/N-ethyl adjacent to an activating group) is 1. The molecule has 1 aromatic rings. The zero-order valence-electron chi connectivity index (χ0n) is 11.6. The Morgan fingerprint density at radius 2 is 2.10 bits per heavy atom. The van der Waals surface area contributed by atoms with Crippen molar-refractivity contribution in [2.75, 3.05) is 26.4 Å². The van der Waals surface area contributed by atoms with Gasteiger partial charge in [0.2, 0.25) is 5.91 Å². The zero-order chi connectivity index (χ0) is 14.9. The monoisotopic (exact) mass is 295 g/mol. The molecule has 1 atom stereocenters. The van der Waals surface area contributed by atoms with Crippen LogP contribution in [-0.2, 0) is 4.79 Å². The molecule has 1 aromatic carbocycles. The van der Waals surface area contributed by atoms with Crippen LogP contribution in [0.2, 0.25) is 5.02 Å². The Labute approximate surface area is 123 Å². The van der Waals surface area contributed by atoms with Crippen molar-refractivity contribution in [3.05, 3.63) is 28.8 Å². The number of amides is 2. The van der Waals surface area contributed by atoms with Gasteiger partial charge in [-0.15, -0.1) is 0 Å². The van der Waals surface area contributed by atoms with Crippen LogP contribution in [0.15, 0.2) is 18.2 Å². The number of likely N-dealkylation sites (tertiary alicyclic amines) is 1. The summed E-state index contributed by atoms with van der Waals surface area (Å²) in [6.07, 6.45) is 1.53. The molecule has 0 aromatic heterocycles. The highest BCUT2D eigenvalue weighted by atomic mass is 35.5. The third-order valence-electron chi connectivity index (χ3n) is 3.48. The number of benzene rings is 1. The molecular formula is C14H18ClN3O2. The Balaban J connectivity index is 2.23. The first-order valence-electron chi connectivity index (χ1n) is 6.49. The third kappa shape index (κ3) is 2.72. The first kappa shape index (κ1) is 14.7. The maximum Gasteiger partial charge on any atom is 0.254 e. The number of carbonyl (C=O) groups excluding carboxylic acids is 2. The van der Waals surface area contributed by atoms with Crippen LogP contribution >= 0.6 is 11.6 Å². The van der Waals surface area contributed by atoms with Crippen molar-refractivity contribution in [1.29, 1.82) is 0 Å². The van der Waals surface area contributed by atoms with E-state index in [9.17, 15) is 9.59 Å². The largest absolute Gasteiger partial charge is 0.398 e. The molecule has 0 saturated carbocycles. The Morgan fingerprint density at radius 1 is 1.40 bits per heavy atom. The number of nitrogens with zero attached hydrogens (tertiary/aromatic N) is 2. The lowest BCUT2D eigenvalue weighted by atomic mass is 10.1. The van der Waals surface area contributed by atoms with Crippen LogP contribution in [0.1, 0.15) is 23.2 Å². The fourth-order valence-electron chi connectivity index (χ4n) is 2.41.